The molecule has 64 valence electrons. The molecule has 0 saturated carbocycles. The summed E-state index contributed by atoms with van der Waals surface area (Å²) in [7, 11) is 0. The molecule has 12 heavy (non-hydrogen) atoms. The second kappa shape index (κ2) is 2.56. The van der Waals surface area contributed by atoms with Crippen LogP contribution in [-0.4, -0.2) is 6.17 Å². The first kappa shape index (κ1) is 7.74. The summed E-state index contributed by atoms with van der Waals surface area (Å²) in [5.74, 6) is 0. The lowest BCUT2D eigenvalue weighted by Crippen LogP contribution is -2.16. The molecule has 3 heteroatoms. The number of hydrogen-bond donors (Lipinski definition) is 2. The largest absolute Gasteiger partial charge is 0.364 e. The van der Waals surface area contributed by atoms with Crippen LogP contribution in [0.3, 0.4) is 0 Å². The second-order valence-electron chi connectivity index (χ2n) is 3.16. The van der Waals surface area contributed by atoms with Crippen LogP contribution < -0.4 is 10.6 Å². The van der Waals surface area contributed by atoms with Crippen molar-refractivity contribution in [3.63, 3.8) is 0 Å². The van der Waals surface area contributed by atoms with E-state index in [4.69, 9.17) is 11.6 Å². The van der Waals surface area contributed by atoms with Gasteiger partial charge in [-0.1, -0.05) is 11.6 Å². The second-order valence-corrected chi connectivity index (χ2v) is 3.56. The van der Waals surface area contributed by atoms with Crippen molar-refractivity contribution < 1.29 is 0 Å². The van der Waals surface area contributed by atoms with E-state index in [9.17, 15) is 0 Å². The number of anilines is 2. The fourth-order valence-electron chi connectivity index (χ4n) is 1.42. The van der Waals surface area contributed by atoms with E-state index in [-0.39, 0.29) is 0 Å². The highest BCUT2D eigenvalue weighted by Crippen LogP contribution is 2.33. The molecule has 0 aliphatic carbocycles. The van der Waals surface area contributed by atoms with E-state index >= 15 is 0 Å². The average Bonchev–Trinajstić information content (AvgIpc) is 2.30. The molecule has 1 aromatic carbocycles. The molecule has 1 aliphatic rings. The van der Waals surface area contributed by atoms with Crippen LogP contribution in [0.4, 0.5) is 11.4 Å². The third-order valence-electron chi connectivity index (χ3n) is 2.04. The van der Waals surface area contributed by atoms with Gasteiger partial charge in [0.15, 0.2) is 0 Å². The zero-order valence-corrected chi connectivity index (χ0v) is 7.87. The molecule has 1 unspecified atom stereocenters. The Labute approximate surface area is 76.9 Å². The predicted octanol–water partition coefficient (Wildman–Crippen LogP) is 2.83. The third-order valence-corrected chi connectivity index (χ3v) is 2.45. The Hall–Kier alpha value is -0.890. The molecule has 0 fully saturated rings. The highest BCUT2D eigenvalue weighted by molar-refractivity contribution is 6.31. The van der Waals surface area contributed by atoms with E-state index in [1.54, 1.807) is 0 Å². The van der Waals surface area contributed by atoms with E-state index in [1.807, 2.05) is 13.0 Å². The van der Waals surface area contributed by atoms with Crippen LogP contribution in [-0.2, 0) is 0 Å². The maximum absolute atomic E-state index is 5.97. The molecule has 1 aliphatic heterocycles. The maximum Gasteiger partial charge on any atom is 0.0935 e. The number of halogens is 1. The number of fused-ring (bicyclic) bond motifs is 1. The summed E-state index contributed by atoms with van der Waals surface area (Å²) in [5, 5.41) is 7.38. The lowest BCUT2D eigenvalue weighted by Gasteiger charge is -2.01. The van der Waals surface area contributed by atoms with Gasteiger partial charge in [-0.05, 0) is 31.5 Å². The van der Waals surface area contributed by atoms with Gasteiger partial charge in [0.2, 0.25) is 0 Å². The van der Waals surface area contributed by atoms with Crippen LogP contribution in [0.1, 0.15) is 12.5 Å². The molecule has 0 radical (unpaired) electrons. The Balaban J connectivity index is 2.48. The maximum atomic E-state index is 5.97. The van der Waals surface area contributed by atoms with Gasteiger partial charge in [0.1, 0.15) is 0 Å². The lowest BCUT2D eigenvalue weighted by molar-refractivity contribution is 0.956. The Kier molecular flexibility index (Phi) is 1.65. The van der Waals surface area contributed by atoms with Crippen molar-refractivity contribution in [3.05, 3.63) is 22.7 Å². The van der Waals surface area contributed by atoms with Crippen LogP contribution in [0.5, 0.6) is 0 Å². The minimum atomic E-state index is 0.304. The minimum Gasteiger partial charge on any atom is -0.364 e. The number of aryl methyl sites for hydroxylation is 1. The highest BCUT2D eigenvalue weighted by atomic mass is 35.5. The summed E-state index contributed by atoms with van der Waals surface area (Å²) in [5.41, 5.74) is 3.35. The van der Waals surface area contributed by atoms with E-state index in [2.05, 4.69) is 23.6 Å². The van der Waals surface area contributed by atoms with E-state index in [0.29, 0.717) is 6.17 Å². The first-order valence-electron chi connectivity index (χ1n) is 4.00. The summed E-state index contributed by atoms with van der Waals surface area (Å²) in [6.45, 7) is 4.08. The van der Waals surface area contributed by atoms with Crippen molar-refractivity contribution >= 4 is 23.0 Å². The van der Waals surface area contributed by atoms with Crippen molar-refractivity contribution in [3.8, 4) is 0 Å². The van der Waals surface area contributed by atoms with Crippen molar-refractivity contribution in [2.75, 3.05) is 10.6 Å². The first-order valence-corrected chi connectivity index (χ1v) is 4.38. The molecule has 0 bridgehead atoms. The van der Waals surface area contributed by atoms with E-state index in [1.165, 1.54) is 0 Å². The highest BCUT2D eigenvalue weighted by Gasteiger charge is 2.15. The van der Waals surface area contributed by atoms with Crippen LogP contribution in [0.15, 0.2) is 12.1 Å². The minimum absolute atomic E-state index is 0.304. The SMILES string of the molecule is Cc1cc2c(cc1Cl)NC(C)N2. The number of benzene rings is 1. The molecule has 1 atom stereocenters. The predicted molar refractivity (Wildman–Crippen MR) is 52.9 cm³/mol. The molecule has 1 heterocycles. The smallest absolute Gasteiger partial charge is 0.0935 e. The molecular weight excluding hydrogens is 172 g/mol. The summed E-state index contributed by atoms with van der Waals surface area (Å²) in [4.78, 5) is 0. The Morgan fingerprint density at radius 1 is 1.25 bits per heavy atom. The van der Waals surface area contributed by atoms with Gasteiger partial charge in [-0.2, -0.15) is 0 Å². The van der Waals surface area contributed by atoms with E-state index in [0.717, 1.165) is 22.0 Å². The summed E-state index contributed by atoms with van der Waals surface area (Å²) < 4.78 is 0. The fraction of sp³-hybridized carbons (Fsp3) is 0.333. The average molecular weight is 183 g/mol. The van der Waals surface area contributed by atoms with Gasteiger partial charge in [0.25, 0.3) is 0 Å². The van der Waals surface area contributed by atoms with Crippen LogP contribution >= 0.6 is 11.6 Å². The zero-order valence-electron chi connectivity index (χ0n) is 7.11. The van der Waals surface area contributed by atoms with Gasteiger partial charge in [-0.3, -0.25) is 0 Å². The van der Waals surface area contributed by atoms with Crippen LogP contribution in [0, 0.1) is 6.92 Å². The molecule has 2 rings (SSSR count). The Bertz CT molecular complexity index is 292. The van der Waals surface area contributed by atoms with Gasteiger partial charge in [0.05, 0.1) is 17.5 Å². The molecule has 2 N–H and O–H groups in total. The first-order chi connectivity index (χ1) is 5.66. The molecule has 0 amide bonds. The monoisotopic (exact) mass is 182 g/mol. The third kappa shape index (κ3) is 1.12. The number of nitrogens with one attached hydrogen (secondary N) is 2. The van der Waals surface area contributed by atoms with Crippen molar-refractivity contribution in [2.45, 2.75) is 20.0 Å². The Morgan fingerprint density at radius 3 is 2.50 bits per heavy atom. The van der Waals surface area contributed by atoms with Crippen molar-refractivity contribution in [1.82, 2.24) is 0 Å². The summed E-state index contributed by atoms with van der Waals surface area (Å²) in [6, 6.07) is 4.02. The van der Waals surface area contributed by atoms with Gasteiger partial charge in [0, 0.05) is 5.02 Å². The number of hydrogen-bond acceptors (Lipinski definition) is 2. The van der Waals surface area contributed by atoms with Gasteiger partial charge in [-0.15, -0.1) is 0 Å². The van der Waals surface area contributed by atoms with Crippen LogP contribution in [0.2, 0.25) is 5.02 Å². The van der Waals surface area contributed by atoms with Crippen molar-refractivity contribution in [2.24, 2.45) is 0 Å². The van der Waals surface area contributed by atoms with Gasteiger partial charge >= 0.3 is 0 Å². The lowest BCUT2D eigenvalue weighted by atomic mass is 10.2. The van der Waals surface area contributed by atoms with Gasteiger partial charge in [-0.25, -0.2) is 0 Å². The summed E-state index contributed by atoms with van der Waals surface area (Å²) >= 11 is 5.97. The zero-order chi connectivity index (χ0) is 8.72. The molecule has 0 saturated heterocycles. The fourth-order valence-corrected chi connectivity index (χ4v) is 1.59. The molecule has 2 nitrogen and oxygen atoms in total. The van der Waals surface area contributed by atoms with Crippen molar-refractivity contribution in [1.29, 1.82) is 0 Å². The molecule has 0 aromatic heterocycles. The van der Waals surface area contributed by atoms with Gasteiger partial charge < -0.3 is 10.6 Å². The molecular formula is C9H11ClN2. The quantitative estimate of drug-likeness (QED) is 0.645. The molecule has 1 aromatic rings. The summed E-state index contributed by atoms with van der Waals surface area (Å²) in [6.07, 6.45) is 0.304. The standard InChI is InChI=1S/C9H11ClN2/c1-5-3-8-9(4-7(5)10)12-6(2)11-8/h3-4,6,11-12H,1-2H3. The van der Waals surface area contributed by atoms with Crippen LogP contribution in [0.25, 0.3) is 0 Å². The molecule has 0 spiro atoms. The topological polar surface area (TPSA) is 24.1 Å². The normalized spacial score (nSPS) is 19.8. The van der Waals surface area contributed by atoms with E-state index < -0.39 is 0 Å². The Morgan fingerprint density at radius 2 is 1.83 bits per heavy atom. The number of rotatable bonds is 0.